The molecule has 2 rings (SSSR count). The first-order valence-electron chi connectivity index (χ1n) is 6.27. The van der Waals surface area contributed by atoms with Crippen LogP contribution in [0.4, 0.5) is 0 Å². The van der Waals surface area contributed by atoms with Crippen molar-refractivity contribution >= 4 is 11.8 Å². The number of hydrogen-bond acceptors (Lipinski definition) is 3. The molecule has 2 aliphatic rings. The molecule has 0 spiro atoms. The van der Waals surface area contributed by atoms with Gasteiger partial charge in [-0.15, -0.1) is 0 Å². The molecule has 5 heteroatoms. The van der Waals surface area contributed by atoms with Gasteiger partial charge in [0.2, 0.25) is 11.8 Å². The molecule has 0 aromatic rings. The van der Waals surface area contributed by atoms with Crippen LogP contribution in [0.2, 0.25) is 0 Å². The van der Waals surface area contributed by atoms with E-state index in [1.54, 1.807) is 11.9 Å². The highest BCUT2D eigenvalue weighted by Gasteiger charge is 2.39. The normalized spacial score (nSPS) is 33.6. The number of hydrogen-bond donors (Lipinski definition) is 1. The van der Waals surface area contributed by atoms with Crippen LogP contribution in [-0.2, 0) is 9.59 Å². The Morgan fingerprint density at radius 1 is 1.47 bits per heavy atom. The summed E-state index contributed by atoms with van der Waals surface area (Å²) in [6, 6.07) is 0.261. The van der Waals surface area contributed by atoms with Crippen molar-refractivity contribution in [2.24, 2.45) is 17.6 Å². The number of carbonyl (C=O) groups excluding carboxylic acids is 2. The van der Waals surface area contributed by atoms with E-state index in [9.17, 15) is 9.59 Å². The second-order valence-electron chi connectivity index (χ2n) is 5.35. The molecule has 2 heterocycles. The van der Waals surface area contributed by atoms with E-state index in [1.807, 2.05) is 4.90 Å². The van der Waals surface area contributed by atoms with Crippen LogP contribution < -0.4 is 5.73 Å². The van der Waals surface area contributed by atoms with Crippen LogP contribution in [0.1, 0.15) is 19.8 Å². The van der Waals surface area contributed by atoms with Crippen molar-refractivity contribution in [3.63, 3.8) is 0 Å². The lowest BCUT2D eigenvalue weighted by atomic mass is 10.1. The number of nitrogens with zero attached hydrogens (tertiary/aromatic N) is 2. The summed E-state index contributed by atoms with van der Waals surface area (Å²) in [7, 11) is 1.76. The molecule has 5 nitrogen and oxygen atoms in total. The molecule has 3 unspecified atom stereocenters. The second-order valence-corrected chi connectivity index (χ2v) is 5.35. The van der Waals surface area contributed by atoms with E-state index in [0.29, 0.717) is 25.4 Å². The maximum absolute atomic E-state index is 12.3. The van der Waals surface area contributed by atoms with Gasteiger partial charge >= 0.3 is 0 Å². The van der Waals surface area contributed by atoms with E-state index in [1.165, 1.54) is 0 Å². The third-order valence-corrected chi connectivity index (χ3v) is 3.97. The van der Waals surface area contributed by atoms with Crippen LogP contribution in [0.25, 0.3) is 0 Å². The van der Waals surface area contributed by atoms with Crippen LogP contribution in [0.5, 0.6) is 0 Å². The van der Waals surface area contributed by atoms with E-state index in [0.717, 1.165) is 13.0 Å². The summed E-state index contributed by atoms with van der Waals surface area (Å²) in [4.78, 5) is 27.3. The van der Waals surface area contributed by atoms with Crippen LogP contribution >= 0.6 is 0 Å². The third kappa shape index (κ3) is 2.29. The SMILES string of the molecule is CC1CC(CN)CN1C(=O)C1CC(=O)N(C)C1. The predicted octanol–water partition coefficient (Wildman–Crippen LogP) is -0.340. The molecule has 0 aromatic carbocycles. The summed E-state index contributed by atoms with van der Waals surface area (Å²) >= 11 is 0. The molecule has 0 saturated carbocycles. The first-order chi connectivity index (χ1) is 8.02. The molecule has 2 amide bonds. The van der Waals surface area contributed by atoms with Gasteiger partial charge in [0.15, 0.2) is 0 Å². The Balaban J connectivity index is 1.99. The smallest absolute Gasteiger partial charge is 0.228 e. The van der Waals surface area contributed by atoms with Gasteiger partial charge in [-0.2, -0.15) is 0 Å². The second kappa shape index (κ2) is 4.64. The molecular weight excluding hydrogens is 218 g/mol. The van der Waals surface area contributed by atoms with Crippen LogP contribution in [0, 0.1) is 11.8 Å². The van der Waals surface area contributed by atoms with Gasteiger partial charge < -0.3 is 15.5 Å². The molecule has 0 radical (unpaired) electrons. The Morgan fingerprint density at radius 3 is 2.65 bits per heavy atom. The topological polar surface area (TPSA) is 66.6 Å². The maximum Gasteiger partial charge on any atom is 0.228 e. The Labute approximate surface area is 102 Å². The molecule has 2 N–H and O–H groups in total. The van der Waals surface area contributed by atoms with E-state index >= 15 is 0 Å². The van der Waals surface area contributed by atoms with Crippen LogP contribution in [0.15, 0.2) is 0 Å². The lowest BCUT2D eigenvalue weighted by Crippen LogP contribution is -2.39. The van der Waals surface area contributed by atoms with E-state index < -0.39 is 0 Å². The first kappa shape index (κ1) is 12.4. The quantitative estimate of drug-likeness (QED) is 0.717. The van der Waals surface area contributed by atoms with Gasteiger partial charge in [-0.05, 0) is 25.8 Å². The van der Waals surface area contributed by atoms with Crippen LogP contribution in [-0.4, -0.2) is 54.3 Å². The van der Waals surface area contributed by atoms with E-state index in [-0.39, 0.29) is 23.8 Å². The fourth-order valence-corrected chi connectivity index (χ4v) is 2.88. The van der Waals surface area contributed by atoms with Crippen molar-refractivity contribution in [1.82, 2.24) is 9.80 Å². The van der Waals surface area contributed by atoms with Crippen molar-refractivity contribution in [2.75, 3.05) is 26.7 Å². The van der Waals surface area contributed by atoms with E-state index in [2.05, 4.69) is 6.92 Å². The molecule has 2 saturated heterocycles. The predicted molar refractivity (Wildman–Crippen MR) is 64.1 cm³/mol. The molecule has 2 aliphatic heterocycles. The molecule has 2 fully saturated rings. The van der Waals surface area contributed by atoms with Gasteiger partial charge in [-0.3, -0.25) is 9.59 Å². The molecule has 17 heavy (non-hydrogen) atoms. The van der Waals surface area contributed by atoms with Gasteiger partial charge in [0.1, 0.15) is 0 Å². The van der Waals surface area contributed by atoms with Gasteiger partial charge in [-0.1, -0.05) is 0 Å². The minimum Gasteiger partial charge on any atom is -0.345 e. The summed E-state index contributed by atoms with van der Waals surface area (Å²) < 4.78 is 0. The summed E-state index contributed by atoms with van der Waals surface area (Å²) in [5.74, 6) is 0.479. The number of amides is 2. The minimum absolute atomic E-state index is 0.0746. The highest BCUT2D eigenvalue weighted by atomic mass is 16.2. The zero-order valence-corrected chi connectivity index (χ0v) is 10.6. The molecular formula is C12H21N3O2. The fourth-order valence-electron chi connectivity index (χ4n) is 2.88. The lowest BCUT2D eigenvalue weighted by molar-refractivity contribution is -0.136. The highest BCUT2D eigenvalue weighted by molar-refractivity contribution is 5.89. The molecule has 3 atom stereocenters. The highest BCUT2D eigenvalue weighted by Crippen LogP contribution is 2.27. The third-order valence-electron chi connectivity index (χ3n) is 3.97. The molecule has 0 aliphatic carbocycles. The van der Waals surface area contributed by atoms with Crippen molar-refractivity contribution in [3.05, 3.63) is 0 Å². The lowest BCUT2D eigenvalue weighted by Gasteiger charge is -2.24. The average molecular weight is 239 g/mol. The number of rotatable bonds is 2. The van der Waals surface area contributed by atoms with Crippen molar-refractivity contribution in [3.8, 4) is 0 Å². The Kier molecular flexibility index (Phi) is 3.38. The first-order valence-corrected chi connectivity index (χ1v) is 6.27. The summed E-state index contributed by atoms with van der Waals surface area (Å²) in [6.07, 6.45) is 1.35. The summed E-state index contributed by atoms with van der Waals surface area (Å²) in [5.41, 5.74) is 5.66. The van der Waals surface area contributed by atoms with Crippen molar-refractivity contribution < 1.29 is 9.59 Å². The number of likely N-dealkylation sites (tertiary alicyclic amines) is 2. The maximum atomic E-state index is 12.3. The fraction of sp³-hybridized carbons (Fsp3) is 0.833. The number of carbonyl (C=O) groups is 2. The van der Waals surface area contributed by atoms with Gasteiger partial charge in [-0.25, -0.2) is 0 Å². The molecule has 96 valence electrons. The largest absolute Gasteiger partial charge is 0.345 e. The van der Waals surface area contributed by atoms with Gasteiger partial charge in [0, 0.05) is 32.6 Å². The zero-order valence-electron chi connectivity index (χ0n) is 10.6. The Bertz CT molecular complexity index is 332. The average Bonchev–Trinajstić information content (AvgIpc) is 2.82. The minimum atomic E-state index is -0.147. The summed E-state index contributed by atoms with van der Waals surface area (Å²) in [5, 5.41) is 0. The standard InChI is InChI=1S/C12H21N3O2/c1-8-3-9(5-13)6-15(8)12(17)10-4-11(16)14(2)7-10/h8-10H,3-7,13H2,1-2H3. The van der Waals surface area contributed by atoms with Crippen molar-refractivity contribution in [2.45, 2.75) is 25.8 Å². The Hall–Kier alpha value is -1.10. The molecule has 0 aromatic heterocycles. The number of nitrogens with two attached hydrogens (primary N) is 1. The van der Waals surface area contributed by atoms with Crippen molar-refractivity contribution in [1.29, 1.82) is 0 Å². The Morgan fingerprint density at radius 2 is 2.18 bits per heavy atom. The zero-order chi connectivity index (χ0) is 12.6. The van der Waals surface area contributed by atoms with Gasteiger partial charge in [0.25, 0.3) is 0 Å². The van der Waals surface area contributed by atoms with E-state index in [4.69, 9.17) is 5.73 Å². The summed E-state index contributed by atoms with van der Waals surface area (Å²) in [6.45, 7) is 4.02. The molecule has 0 bridgehead atoms. The van der Waals surface area contributed by atoms with Crippen LogP contribution in [0.3, 0.4) is 0 Å². The van der Waals surface area contributed by atoms with Gasteiger partial charge in [0.05, 0.1) is 5.92 Å². The monoisotopic (exact) mass is 239 g/mol.